The van der Waals surface area contributed by atoms with Crippen molar-refractivity contribution in [3.63, 3.8) is 0 Å². The molecule has 2 heterocycles. The van der Waals surface area contributed by atoms with Crippen molar-refractivity contribution in [2.24, 2.45) is 5.92 Å². The smallest absolute Gasteiger partial charge is 0.325 e. The fourth-order valence-corrected chi connectivity index (χ4v) is 5.69. The standard InChI is InChI=1S/C29H29N3O4/c1-19(21-9-10-21)31(17-20-6-3-2-4-7-20)26(33)18-32-27(34)29(30-28(32)35)14-13-22-16-23(11-12-24(22)29)25-8-5-15-36-25/h2-8,11-12,15-16,19,21H,9-10,13-14,17-18H2,1H3,(H,30,35)/t19-,29?/m0/s1. The summed E-state index contributed by atoms with van der Waals surface area (Å²) < 4.78 is 5.51. The number of carbonyl (C=O) groups excluding carboxylic acids is 3. The highest BCUT2D eigenvalue weighted by Gasteiger charge is 2.56. The molecule has 2 aromatic carbocycles. The van der Waals surface area contributed by atoms with E-state index in [0.717, 1.165) is 45.8 Å². The lowest BCUT2D eigenvalue weighted by atomic mass is 9.91. The molecule has 4 amide bonds. The first-order valence-electron chi connectivity index (χ1n) is 12.6. The summed E-state index contributed by atoms with van der Waals surface area (Å²) in [4.78, 5) is 43.2. The van der Waals surface area contributed by atoms with Gasteiger partial charge in [0.25, 0.3) is 5.91 Å². The summed E-state index contributed by atoms with van der Waals surface area (Å²) in [5.74, 6) is 0.683. The van der Waals surface area contributed by atoms with Gasteiger partial charge in [0.05, 0.1) is 6.26 Å². The summed E-state index contributed by atoms with van der Waals surface area (Å²) in [6.45, 7) is 2.27. The molecule has 0 bridgehead atoms. The Hall–Kier alpha value is -3.87. The average molecular weight is 484 g/mol. The first kappa shape index (κ1) is 22.6. The van der Waals surface area contributed by atoms with Crippen LogP contribution in [0.4, 0.5) is 4.79 Å². The molecule has 2 fully saturated rings. The molecule has 184 valence electrons. The van der Waals surface area contributed by atoms with Gasteiger partial charge in [0.15, 0.2) is 0 Å². The predicted octanol–water partition coefficient (Wildman–Crippen LogP) is 4.47. The third-order valence-electron chi connectivity index (χ3n) is 7.92. The van der Waals surface area contributed by atoms with Crippen LogP contribution in [0.25, 0.3) is 11.3 Å². The second kappa shape index (κ2) is 8.66. The van der Waals surface area contributed by atoms with Crippen LogP contribution in [-0.4, -0.2) is 40.2 Å². The Balaban J connectivity index is 1.23. The van der Waals surface area contributed by atoms with Crippen molar-refractivity contribution in [2.75, 3.05) is 6.54 Å². The Kier molecular flexibility index (Phi) is 5.43. The molecule has 2 aliphatic carbocycles. The highest BCUT2D eigenvalue weighted by atomic mass is 16.3. The van der Waals surface area contributed by atoms with E-state index in [2.05, 4.69) is 12.2 Å². The SMILES string of the molecule is C[C@@H](C1CC1)N(Cc1ccccc1)C(=O)CN1C(=O)NC2(CCc3cc(-c4ccco4)ccc32)C1=O. The monoisotopic (exact) mass is 483 g/mol. The van der Waals surface area contributed by atoms with Crippen molar-refractivity contribution in [1.29, 1.82) is 0 Å². The topological polar surface area (TPSA) is 82.9 Å². The number of aryl methyl sites for hydroxylation is 1. The van der Waals surface area contributed by atoms with E-state index in [-0.39, 0.29) is 24.4 Å². The second-order valence-electron chi connectivity index (χ2n) is 10.2. The summed E-state index contributed by atoms with van der Waals surface area (Å²) in [6, 6.07) is 19.0. The van der Waals surface area contributed by atoms with Crippen LogP contribution in [-0.2, 0) is 28.1 Å². The molecule has 2 atom stereocenters. The first-order valence-corrected chi connectivity index (χ1v) is 12.6. The van der Waals surface area contributed by atoms with E-state index in [1.165, 1.54) is 0 Å². The quantitative estimate of drug-likeness (QED) is 0.503. The molecule has 3 aliphatic rings. The van der Waals surface area contributed by atoms with Gasteiger partial charge >= 0.3 is 6.03 Å². The van der Waals surface area contributed by atoms with Gasteiger partial charge in [0, 0.05) is 18.2 Å². The normalized spacial score (nSPS) is 21.5. The molecule has 3 aromatic rings. The van der Waals surface area contributed by atoms with Crippen LogP contribution in [0.3, 0.4) is 0 Å². The minimum absolute atomic E-state index is 0.0552. The van der Waals surface area contributed by atoms with E-state index in [4.69, 9.17) is 4.42 Å². The van der Waals surface area contributed by atoms with Gasteiger partial charge in [-0.1, -0.05) is 42.5 Å². The molecule has 1 aliphatic heterocycles. The van der Waals surface area contributed by atoms with Crippen molar-refractivity contribution in [1.82, 2.24) is 15.1 Å². The van der Waals surface area contributed by atoms with Crippen molar-refractivity contribution >= 4 is 17.8 Å². The van der Waals surface area contributed by atoms with E-state index in [1.807, 2.05) is 65.6 Å². The number of nitrogens with one attached hydrogen (secondary N) is 1. The van der Waals surface area contributed by atoms with Gasteiger partial charge in [-0.05, 0) is 73.4 Å². The third kappa shape index (κ3) is 3.79. The van der Waals surface area contributed by atoms with Gasteiger partial charge < -0.3 is 14.6 Å². The molecular weight excluding hydrogens is 454 g/mol. The highest BCUT2D eigenvalue weighted by molar-refractivity contribution is 6.10. The Morgan fingerprint density at radius 2 is 1.94 bits per heavy atom. The molecule has 36 heavy (non-hydrogen) atoms. The molecule has 1 spiro atoms. The zero-order valence-corrected chi connectivity index (χ0v) is 20.3. The summed E-state index contributed by atoms with van der Waals surface area (Å²) in [6.07, 6.45) is 4.97. The molecule has 6 rings (SSSR count). The number of furan rings is 1. The minimum Gasteiger partial charge on any atom is -0.464 e. The van der Waals surface area contributed by atoms with Gasteiger partial charge in [0.1, 0.15) is 17.8 Å². The number of carbonyl (C=O) groups is 3. The van der Waals surface area contributed by atoms with E-state index < -0.39 is 11.6 Å². The summed E-state index contributed by atoms with van der Waals surface area (Å²) >= 11 is 0. The van der Waals surface area contributed by atoms with Crippen LogP contribution in [0, 0.1) is 5.92 Å². The van der Waals surface area contributed by atoms with Crippen molar-refractivity contribution < 1.29 is 18.8 Å². The number of benzene rings is 2. The van der Waals surface area contributed by atoms with Crippen molar-refractivity contribution in [3.8, 4) is 11.3 Å². The molecule has 1 aromatic heterocycles. The zero-order chi connectivity index (χ0) is 24.9. The van der Waals surface area contributed by atoms with Crippen molar-refractivity contribution in [3.05, 3.63) is 83.6 Å². The predicted molar refractivity (Wildman–Crippen MR) is 134 cm³/mol. The molecular formula is C29H29N3O4. The van der Waals surface area contributed by atoms with E-state index in [1.54, 1.807) is 6.26 Å². The van der Waals surface area contributed by atoms with Gasteiger partial charge in [-0.2, -0.15) is 0 Å². The molecule has 1 unspecified atom stereocenters. The summed E-state index contributed by atoms with van der Waals surface area (Å²) in [5, 5.41) is 2.94. The van der Waals surface area contributed by atoms with Gasteiger partial charge in [0.2, 0.25) is 5.91 Å². The number of nitrogens with zero attached hydrogens (tertiary/aromatic N) is 2. The molecule has 7 heteroatoms. The van der Waals surface area contributed by atoms with Crippen LogP contribution < -0.4 is 5.32 Å². The molecule has 1 saturated heterocycles. The number of urea groups is 1. The highest BCUT2D eigenvalue weighted by Crippen LogP contribution is 2.43. The lowest BCUT2D eigenvalue weighted by Crippen LogP contribution is -2.47. The maximum atomic E-state index is 13.7. The molecule has 7 nitrogen and oxygen atoms in total. The Morgan fingerprint density at radius 1 is 1.14 bits per heavy atom. The van der Waals surface area contributed by atoms with E-state index >= 15 is 0 Å². The summed E-state index contributed by atoms with van der Waals surface area (Å²) in [7, 11) is 0. The number of rotatable bonds is 7. The number of imide groups is 1. The number of hydrogen-bond acceptors (Lipinski definition) is 4. The number of amides is 4. The Labute approximate surface area is 210 Å². The van der Waals surface area contributed by atoms with Crippen LogP contribution in [0.5, 0.6) is 0 Å². The summed E-state index contributed by atoms with van der Waals surface area (Å²) in [5.41, 5.74) is 2.67. The Morgan fingerprint density at radius 3 is 2.67 bits per heavy atom. The van der Waals surface area contributed by atoms with Crippen molar-refractivity contribution in [2.45, 2.75) is 50.7 Å². The lowest BCUT2D eigenvalue weighted by Gasteiger charge is -2.31. The zero-order valence-electron chi connectivity index (χ0n) is 20.3. The van der Waals surface area contributed by atoms with Crippen LogP contribution >= 0.6 is 0 Å². The van der Waals surface area contributed by atoms with Crippen LogP contribution in [0.1, 0.15) is 42.9 Å². The fourth-order valence-electron chi connectivity index (χ4n) is 5.69. The minimum atomic E-state index is -1.11. The molecule has 1 N–H and O–H groups in total. The lowest BCUT2D eigenvalue weighted by molar-refractivity contribution is -0.141. The van der Waals surface area contributed by atoms with Crippen LogP contribution in [0.15, 0.2) is 71.3 Å². The maximum absolute atomic E-state index is 13.7. The van der Waals surface area contributed by atoms with Gasteiger partial charge in [-0.3, -0.25) is 14.5 Å². The number of hydrogen-bond donors (Lipinski definition) is 1. The third-order valence-corrected chi connectivity index (χ3v) is 7.92. The largest absolute Gasteiger partial charge is 0.464 e. The van der Waals surface area contributed by atoms with E-state index in [9.17, 15) is 14.4 Å². The average Bonchev–Trinajstić information content (AvgIpc) is 3.39. The maximum Gasteiger partial charge on any atom is 0.325 e. The number of fused-ring (bicyclic) bond motifs is 2. The van der Waals surface area contributed by atoms with Gasteiger partial charge in [-0.15, -0.1) is 0 Å². The molecule has 1 saturated carbocycles. The first-order chi connectivity index (χ1) is 17.5. The van der Waals surface area contributed by atoms with Crippen LogP contribution in [0.2, 0.25) is 0 Å². The van der Waals surface area contributed by atoms with Gasteiger partial charge in [-0.25, -0.2) is 4.79 Å². The molecule has 0 radical (unpaired) electrons. The second-order valence-corrected chi connectivity index (χ2v) is 10.2. The fraction of sp³-hybridized carbons (Fsp3) is 0.345. The van der Waals surface area contributed by atoms with E-state index in [0.29, 0.717) is 25.3 Å². The Bertz CT molecular complexity index is 1320.